The summed E-state index contributed by atoms with van der Waals surface area (Å²) in [6.45, 7) is 7.00. The van der Waals surface area contributed by atoms with Crippen LogP contribution in [0.25, 0.3) is 0 Å². The van der Waals surface area contributed by atoms with Crippen LogP contribution in [-0.2, 0) is 11.3 Å². The maximum atomic E-state index is 11.3. The van der Waals surface area contributed by atoms with Gasteiger partial charge in [-0.15, -0.1) is 11.3 Å². The molecule has 84 valence electrons. The highest BCUT2D eigenvalue weighted by Crippen LogP contribution is 2.10. The fourth-order valence-electron chi connectivity index (χ4n) is 0.982. The van der Waals surface area contributed by atoms with Crippen LogP contribution in [0, 0.1) is 0 Å². The molecule has 1 aromatic rings. The van der Waals surface area contributed by atoms with Crippen LogP contribution in [-0.4, -0.2) is 23.6 Å². The van der Waals surface area contributed by atoms with Crippen LogP contribution in [0.1, 0.15) is 36.3 Å². The number of carbonyl (C=O) groups is 1. The summed E-state index contributed by atoms with van der Waals surface area (Å²) in [6.07, 6.45) is 0. The van der Waals surface area contributed by atoms with E-state index in [1.54, 1.807) is 12.3 Å². The Bertz CT molecular complexity index is 323. The zero-order valence-corrected chi connectivity index (χ0v) is 10.1. The molecule has 0 aliphatic rings. The Balaban J connectivity index is 2.52. The van der Waals surface area contributed by atoms with E-state index in [4.69, 9.17) is 4.74 Å². The fourth-order valence-corrected chi connectivity index (χ4v) is 1.70. The molecule has 4 nitrogen and oxygen atoms in total. The van der Waals surface area contributed by atoms with Crippen molar-refractivity contribution in [2.45, 2.75) is 33.4 Å². The molecule has 0 aliphatic heterocycles. The smallest absolute Gasteiger partial charge is 0.357 e. The third kappa shape index (κ3) is 3.97. The predicted molar refractivity (Wildman–Crippen MR) is 60.0 cm³/mol. The first-order chi connectivity index (χ1) is 7.13. The van der Waals surface area contributed by atoms with Crippen molar-refractivity contribution in [3.63, 3.8) is 0 Å². The lowest BCUT2D eigenvalue weighted by molar-refractivity contribution is 0.0520. The first kappa shape index (κ1) is 12.1. The molecule has 0 saturated carbocycles. The molecule has 1 N–H and O–H groups in total. The van der Waals surface area contributed by atoms with E-state index >= 15 is 0 Å². The molecule has 1 aromatic heterocycles. The number of nitrogens with one attached hydrogen (secondary N) is 1. The first-order valence-corrected chi connectivity index (χ1v) is 5.86. The van der Waals surface area contributed by atoms with Gasteiger partial charge in [0.05, 0.1) is 6.61 Å². The maximum absolute atomic E-state index is 11.3. The molecule has 15 heavy (non-hydrogen) atoms. The summed E-state index contributed by atoms with van der Waals surface area (Å²) in [6, 6.07) is 0.417. The molecule has 5 heteroatoms. The third-order valence-corrected chi connectivity index (χ3v) is 2.55. The van der Waals surface area contributed by atoms with Gasteiger partial charge in [-0.3, -0.25) is 0 Å². The molecule has 0 radical (unpaired) electrons. The quantitative estimate of drug-likeness (QED) is 0.781. The number of ether oxygens (including phenoxy) is 1. The second-order valence-corrected chi connectivity index (χ2v) is 4.33. The van der Waals surface area contributed by atoms with Crippen molar-refractivity contribution in [2.24, 2.45) is 0 Å². The molecule has 0 aromatic carbocycles. The van der Waals surface area contributed by atoms with Crippen LogP contribution in [0.3, 0.4) is 0 Å². The second-order valence-electron chi connectivity index (χ2n) is 3.38. The van der Waals surface area contributed by atoms with Gasteiger partial charge in [-0.05, 0) is 6.92 Å². The van der Waals surface area contributed by atoms with Crippen LogP contribution >= 0.6 is 11.3 Å². The molecule has 0 amide bonds. The van der Waals surface area contributed by atoms with Gasteiger partial charge in [-0.2, -0.15) is 0 Å². The minimum Gasteiger partial charge on any atom is -0.461 e. The highest BCUT2D eigenvalue weighted by Gasteiger charge is 2.11. The average Bonchev–Trinajstić information content (AvgIpc) is 2.63. The number of esters is 1. The molecular formula is C10H16N2O2S. The Morgan fingerprint density at radius 1 is 1.67 bits per heavy atom. The van der Waals surface area contributed by atoms with Gasteiger partial charge < -0.3 is 10.1 Å². The molecule has 0 atom stereocenters. The van der Waals surface area contributed by atoms with Crippen molar-refractivity contribution in [3.8, 4) is 0 Å². The minimum atomic E-state index is -0.343. The molecule has 1 heterocycles. The first-order valence-electron chi connectivity index (χ1n) is 4.98. The summed E-state index contributed by atoms with van der Waals surface area (Å²) in [4.78, 5) is 15.5. The number of thiazole rings is 1. The predicted octanol–water partition coefficient (Wildman–Crippen LogP) is 1.82. The van der Waals surface area contributed by atoms with Gasteiger partial charge in [-0.25, -0.2) is 9.78 Å². The molecule has 0 saturated heterocycles. The number of hydrogen-bond donors (Lipinski definition) is 1. The third-order valence-electron chi connectivity index (χ3n) is 1.70. The minimum absolute atomic E-state index is 0.343. The van der Waals surface area contributed by atoms with Crippen molar-refractivity contribution < 1.29 is 9.53 Å². The van der Waals surface area contributed by atoms with Crippen LogP contribution in [0.15, 0.2) is 5.38 Å². The molecule has 0 spiro atoms. The Hall–Kier alpha value is -0.940. The van der Waals surface area contributed by atoms with E-state index in [1.807, 2.05) is 0 Å². The molecule has 0 unspecified atom stereocenters. The molecule has 0 aliphatic carbocycles. The van der Waals surface area contributed by atoms with E-state index in [0.717, 1.165) is 5.01 Å². The monoisotopic (exact) mass is 228 g/mol. The van der Waals surface area contributed by atoms with Gasteiger partial charge >= 0.3 is 5.97 Å². The highest BCUT2D eigenvalue weighted by molar-refractivity contribution is 7.09. The fraction of sp³-hybridized carbons (Fsp3) is 0.600. The Morgan fingerprint density at radius 2 is 2.40 bits per heavy atom. The van der Waals surface area contributed by atoms with E-state index in [-0.39, 0.29) is 5.97 Å². The number of rotatable bonds is 5. The highest BCUT2D eigenvalue weighted by atomic mass is 32.1. The van der Waals surface area contributed by atoms with Crippen LogP contribution in [0.5, 0.6) is 0 Å². The summed E-state index contributed by atoms with van der Waals surface area (Å²) in [7, 11) is 0. The van der Waals surface area contributed by atoms with Crippen molar-refractivity contribution in [1.29, 1.82) is 0 Å². The van der Waals surface area contributed by atoms with Gasteiger partial charge in [0.2, 0.25) is 0 Å². The van der Waals surface area contributed by atoms with Crippen molar-refractivity contribution in [2.75, 3.05) is 6.61 Å². The number of carbonyl (C=O) groups excluding carboxylic acids is 1. The molecule has 1 rings (SSSR count). The molecule has 0 bridgehead atoms. The standard InChI is InChI=1S/C10H16N2O2S/c1-4-14-10(13)8-6-15-9(12-8)5-11-7(2)3/h6-7,11H,4-5H2,1-3H3. The lowest BCUT2D eigenvalue weighted by atomic mass is 10.4. The maximum Gasteiger partial charge on any atom is 0.357 e. The Morgan fingerprint density at radius 3 is 3.00 bits per heavy atom. The van der Waals surface area contributed by atoms with Crippen molar-refractivity contribution in [3.05, 3.63) is 16.1 Å². The van der Waals surface area contributed by atoms with Gasteiger partial charge in [0.25, 0.3) is 0 Å². The van der Waals surface area contributed by atoms with Crippen molar-refractivity contribution in [1.82, 2.24) is 10.3 Å². The van der Waals surface area contributed by atoms with Crippen LogP contribution in [0.4, 0.5) is 0 Å². The lowest BCUT2D eigenvalue weighted by Gasteiger charge is -2.04. The van der Waals surface area contributed by atoms with Gasteiger partial charge in [0.1, 0.15) is 5.01 Å². The van der Waals surface area contributed by atoms with Gasteiger partial charge in [-0.1, -0.05) is 13.8 Å². The normalized spacial score (nSPS) is 10.7. The number of nitrogens with zero attached hydrogens (tertiary/aromatic N) is 1. The van der Waals surface area contributed by atoms with Crippen molar-refractivity contribution >= 4 is 17.3 Å². The van der Waals surface area contributed by atoms with E-state index in [9.17, 15) is 4.79 Å². The summed E-state index contributed by atoms with van der Waals surface area (Å²) in [5.41, 5.74) is 0.405. The zero-order valence-electron chi connectivity index (χ0n) is 9.24. The SMILES string of the molecule is CCOC(=O)c1csc(CNC(C)C)n1. The Labute approximate surface area is 93.7 Å². The summed E-state index contributed by atoms with van der Waals surface area (Å²) in [5, 5.41) is 5.88. The number of hydrogen-bond acceptors (Lipinski definition) is 5. The average molecular weight is 228 g/mol. The summed E-state index contributed by atoms with van der Waals surface area (Å²) in [5.74, 6) is -0.343. The zero-order chi connectivity index (χ0) is 11.3. The van der Waals surface area contributed by atoms with Gasteiger partial charge in [0, 0.05) is 18.0 Å². The van der Waals surface area contributed by atoms with Gasteiger partial charge in [0.15, 0.2) is 5.69 Å². The molecule has 0 fully saturated rings. The summed E-state index contributed by atoms with van der Waals surface area (Å²) >= 11 is 1.47. The van der Waals surface area contributed by atoms with Crippen LogP contribution in [0.2, 0.25) is 0 Å². The Kier molecular flexibility index (Phi) is 4.71. The molecular weight excluding hydrogens is 212 g/mol. The summed E-state index contributed by atoms with van der Waals surface area (Å²) < 4.78 is 4.85. The lowest BCUT2D eigenvalue weighted by Crippen LogP contribution is -2.21. The van der Waals surface area contributed by atoms with E-state index < -0.39 is 0 Å². The van der Waals surface area contributed by atoms with E-state index in [0.29, 0.717) is 24.9 Å². The second kappa shape index (κ2) is 5.82. The number of aromatic nitrogens is 1. The topological polar surface area (TPSA) is 51.2 Å². The van der Waals surface area contributed by atoms with E-state index in [2.05, 4.69) is 24.1 Å². The van der Waals surface area contributed by atoms with E-state index in [1.165, 1.54) is 11.3 Å². The largest absolute Gasteiger partial charge is 0.461 e. The van der Waals surface area contributed by atoms with Crippen LogP contribution < -0.4 is 5.32 Å².